The van der Waals surface area contributed by atoms with Crippen molar-refractivity contribution in [1.29, 1.82) is 0 Å². The third-order valence-corrected chi connectivity index (χ3v) is 6.56. The van der Waals surface area contributed by atoms with Gasteiger partial charge in [0, 0.05) is 38.4 Å². The summed E-state index contributed by atoms with van der Waals surface area (Å²) < 4.78 is 26.0. The van der Waals surface area contributed by atoms with Crippen molar-refractivity contribution >= 4 is 21.6 Å². The molecular formula is C19H23N3O3S. The minimum absolute atomic E-state index is 0.166. The van der Waals surface area contributed by atoms with E-state index >= 15 is 0 Å². The van der Waals surface area contributed by atoms with E-state index in [0.717, 1.165) is 34.1 Å². The van der Waals surface area contributed by atoms with Gasteiger partial charge in [0.2, 0.25) is 10.0 Å². The highest BCUT2D eigenvalue weighted by molar-refractivity contribution is 7.89. The molecule has 0 aliphatic carbocycles. The largest absolute Gasteiger partial charge is 0.322 e. The van der Waals surface area contributed by atoms with Crippen molar-refractivity contribution in [3.63, 3.8) is 0 Å². The molecule has 0 atom stereocenters. The Labute approximate surface area is 154 Å². The molecule has 1 aliphatic heterocycles. The summed E-state index contributed by atoms with van der Waals surface area (Å²) >= 11 is 0. The van der Waals surface area contributed by atoms with Crippen molar-refractivity contribution in [3.05, 3.63) is 58.1 Å². The van der Waals surface area contributed by atoms with Gasteiger partial charge in [0.15, 0.2) is 0 Å². The number of benzene rings is 2. The Bertz CT molecular complexity index is 982. The number of hydrogen-bond acceptors (Lipinski definition) is 4. The van der Waals surface area contributed by atoms with Crippen LogP contribution in [0.15, 0.2) is 35.2 Å². The highest BCUT2D eigenvalue weighted by Crippen LogP contribution is 2.26. The van der Waals surface area contributed by atoms with Crippen LogP contribution in [0.1, 0.15) is 32.6 Å². The van der Waals surface area contributed by atoms with Gasteiger partial charge in [-0.25, -0.2) is 12.7 Å². The van der Waals surface area contributed by atoms with Crippen LogP contribution in [0.5, 0.6) is 0 Å². The Kier molecular flexibility index (Phi) is 4.88. The SMILES string of the molecule is Cc1cc(S(=O)(=O)N(C)C)cc(NC(=O)c2ccc3c(c2)CNC3)c1C. The molecular weight excluding hydrogens is 350 g/mol. The number of fused-ring (bicyclic) bond motifs is 1. The molecule has 2 aromatic carbocycles. The number of carbonyl (C=O) groups excluding carboxylic acids is 1. The Balaban J connectivity index is 1.94. The summed E-state index contributed by atoms with van der Waals surface area (Å²) in [4.78, 5) is 12.8. The van der Waals surface area contributed by atoms with Crippen molar-refractivity contribution < 1.29 is 13.2 Å². The molecule has 1 aliphatic rings. The third-order valence-electron chi connectivity index (χ3n) is 4.77. The molecule has 7 heteroatoms. The van der Waals surface area contributed by atoms with Gasteiger partial charge < -0.3 is 10.6 Å². The van der Waals surface area contributed by atoms with E-state index in [4.69, 9.17) is 0 Å². The normalized spacial score (nSPS) is 13.7. The summed E-state index contributed by atoms with van der Waals surface area (Å²) in [7, 11) is -0.598. The first kappa shape index (κ1) is 18.6. The maximum Gasteiger partial charge on any atom is 0.255 e. The van der Waals surface area contributed by atoms with Crippen LogP contribution in [0, 0.1) is 13.8 Å². The van der Waals surface area contributed by atoms with Crippen LogP contribution in [0.4, 0.5) is 5.69 Å². The minimum Gasteiger partial charge on any atom is -0.322 e. The molecule has 3 rings (SSSR count). The van der Waals surface area contributed by atoms with E-state index in [9.17, 15) is 13.2 Å². The molecule has 138 valence electrons. The van der Waals surface area contributed by atoms with Crippen LogP contribution in [0.3, 0.4) is 0 Å². The molecule has 0 bridgehead atoms. The number of amides is 1. The van der Waals surface area contributed by atoms with E-state index in [1.165, 1.54) is 25.7 Å². The molecule has 0 saturated heterocycles. The molecule has 0 aromatic heterocycles. The standard InChI is InChI=1S/C19H23N3O3S/c1-12-7-17(26(24,25)22(3)4)9-18(13(12)2)21-19(23)14-5-6-15-10-20-11-16(15)8-14/h5-9,20H,10-11H2,1-4H3,(H,21,23). The average molecular weight is 373 g/mol. The zero-order chi connectivity index (χ0) is 19.1. The summed E-state index contributed by atoms with van der Waals surface area (Å²) in [5.74, 6) is -0.249. The summed E-state index contributed by atoms with van der Waals surface area (Å²) in [6, 6.07) is 8.78. The number of nitrogens with zero attached hydrogens (tertiary/aromatic N) is 1. The number of rotatable bonds is 4. The Hall–Kier alpha value is -2.22. The van der Waals surface area contributed by atoms with Gasteiger partial charge >= 0.3 is 0 Å². The Morgan fingerprint density at radius 1 is 1.08 bits per heavy atom. The highest BCUT2D eigenvalue weighted by Gasteiger charge is 2.21. The zero-order valence-corrected chi connectivity index (χ0v) is 16.2. The zero-order valence-electron chi connectivity index (χ0n) is 15.4. The number of carbonyl (C=O) groups is 1. The van der Waals surface area contributed by atoms with Gasteiger partial charge in [0.25, 0.3) is 5.91 Å². The van der Waals surface area contributed by atoms with E-state index in [-0.39, 0.29) is 10.8 Å². The van der Waals surface area contributed by atoms with E-state index in [1.807, 2.05) is 26.0 Å². The predicted molar refractivity (Wildman–Crippen MR) is 102 cm³/mol. The molecule has 2 aromatic rings. The van der Waals surface area contributed by atoms with Gasteiger partial charge in [0.1, 0.15) is 0 Å². The van der Waals surface area contributed by atoms with Gasteiger partial charge in [-0.1, -0.05) is 6.07 Å². The maximum atomic E-state index is 12.7. The van der Waals surface area contributed by atoms with Crippen LogP contribution >= 0.6 is 0 Å². The van der Waals surface area contributed by atoms with Crippen LogP contribution < -0.4 is 10.6 Å². The molecule has 26 heavy (non-hydrogen) atoms. The molecule has 0 radical (unpaired) electrons. The lowest BCUT2D eigenvalue weighted by Gasteiger charge is -2.16. The van der Waals surface area contributed by atoms with Crippen LogP contribution in [0.25, 0.3) is 0 Å². The molecule has 6 nitrogen and oxygen atoms in total. The fraction of sp³-hybridized carbons (Fsp3) is 0.316. The van der Waals surface area contributed by atoms with E-state index in [1.54, 1.807) is 12.1 Å². The lowest BCUT2D eigenvalue weighted by Crippen LogP contribution is -2.23. The number of aryl methyl sites for hydroxylation is 1. The quantitative estimate of drug-likeness (QED) is 0.863. The second-order valence-corrected chi connectivity index (χ2v) is 8.89. The van der Waals surface area contributed by atoms with E-state index in [0.29, 0.717) is 11.3 Å². The van der Waals surface area contributed by atoms with E-state index < -0.39 is 10.0 Å². The van der Waals surface area contributed by atoms with Gasteiger partial charge in [0.05, 0.1) is 4.90 Å². The van der Waals surface area contributed by atoms with Crippen LogP contribution in [0.2, 0.25) is 0 Å². The minimum atomic E-state index is -3.57. The van der Waals surface area contributed by atoms with Gasteiger partial charge in [-0.2, -0.15) is 0 Å². The monoisotopic (exact) mass is 373 g/mol. The molecule has 2 N–H and O–H groups in total. The smallest absolute Gasteiger partial charge is 0.255 e. The van der Waals surface area contributed by atoms with Gasteiger partial charge in [-0.05, 0) is 60.4 Å². The molecule has 0 saturated carbocycles. The summed E-state index contributed by atoms with van der Waals surface area (Å²) in [5.41, 5.74) is 5.04. The van der Waals surface area contributed by atoms with Crippen molar-refractivity contribution in [1.82, 2.24) is 9.62 Å². The Morgan fingerprint density at radius 3 is 2.46 bits per heavy atom. The van der Waals surface area contributed by atoms with Crippen LogP contribution in [-0.2, 0) is 23.1 Å². The van der Waals surface area contributed by atoms with Crippen molar-refractivity contribution in [3.8, 4) is 0 Å². The topological polar surface area (TPSA) is 78.5 Å². The third kappa shape index (κ3) is 3.38. The Morgan fingerprint density at radius 2 is 1.77 bits per heavy atom. The first-order valence-corrected chi connectivity index (χ1v) is 9.82. The number of sulfonamides is 1. The molecule has 0 fully saturated rings. The average Bonchev–Trinajstić information content (AvgIpc) is 3.05. The highest BCUT2D eigenvalue weighted by atomic mass is 32.2. The lowest BCUT2D eigenvalue weighted by molar-refractivity contribution is 0.102. The van der Waals surface area contributed by atoms with Gasteiger partial charge in [-0.3, -0.25) is 4.79 Å². The van der Waals surface area contributed by atoms with Crippen LogP contribution in [-0.4, -0.2) is 32.7 Å². The van der Waals surface area contributed by atoms with Gasteiger partial charge in [-0.15, -0.1) is 0 Å². The first-order chi connectivity index (χ1) is 12.2. The lowest BCUT2D eigenvalue weighted by atomic mass is 10.0. The number of hydrogen-bond donors (Lipinski definition) is 2. The molecule has 0 unspecified atom stereocenters. The summed E-state index contributed by atoms with van der Waals surface area (Å²) in [6.07, 6.45) is 0. The molecule has 1 heterocycles. The molecule has 1 amide bonds. The second-order valence-electron chi connectivity index (χ2n) is 6.74. The maximum absolute atomic E-state index is 12.7. The fourth-order valence-electron chi connectivity index (χ4n) is 2.95. The summed E-state index contributed by atoms with van der Waals surface area (Å²) in [5, 5.41) is 6.12. The predicted octanol–water partition coefficient (Wildman–Crippen LogP) is 2.41. The number of anilines is 1. The van der Waals surface area contributed by atoms with Crippen molar-refractivity contribution in [2.24, 2.45) is 0 Å². The van der Waals surface area contributed by atoms with E-state index in [2.05, 4.69) is 10.6 Å². The summed E-state index contributed by atoms with van der Waals surface area (Å²) in [6.45, 7) is 5.27. The fourth-order valence-corrected chi connectivity index (χ4v) is 3.96. The number of nitrogens with one attached hydrogen (secondary N) is 2. The molecule has 0 spiro atoms. The second kappa shape index (κ2) is 6.83. The van der Waals surface area contributed by atoms with Crippen molar-refractivity contribution in [2.75, 3.05) is 19.4 Å². The van der Waals surface area contributed by atoms with Crippen molar-refractivity contribution in [2.45, 2.75) is 31.8 Å². The first-order valence-electron chi connectivity index (χ1n) is 8.38.